The number of benzene rings is 1. The first-order valence-electron chi connectivity index (χ1n) is 7.67. The number of likely N-dealkylation sites (N-methyl/N-ethyl adjacent to an activating group) is 1. The number of amides is 2. The van der Waals surface area contributed by atoms with E-state index < -0.39 is 6.09 Å². The maximum absolute atomic E-state index is 12.0. The number of cyclic esters (lactones) is 1. The van der Waals surface area contributed by atoms with E-state index in [1.165, 1.54) is 11.8 Å². The van der Waals surface area contributed by atoms with Crippen molar-refractivity contribution in [3.8, 4) is 6.07 Å². The van der Waals surface area contributed by atoms with E-state index in [4.69, 9.17) is 4.74 Å². The summed E-state index contributed by atoms with van der Waals surface area (Å²) in [7, 11) is 1.69. The Bertz CT molecular complexity index is 673. The van der Waals surface area contributed by atoms with E-state index in [9.17, 15) is 14.9 Å². The van der Waals surface area contributed by atoms with Gasteiger partial charge in [-0.2, -0.15) is 5.26 Å². The van der Waals surface area contributed by atoms with Crippen molar-refractivity contribution in [3.05, 3.63) is 29.8 Å². The van der Waals surface area contributed by atoms with Crippen molar-refractivity contribution in [1.82, 2.24) is 4.90 Å². The van der Waals surface area contributed by atoms with Gasteiger partial charge in [0.05, 0.1) is 24.6 Å². The van der Waals surface area contributed by atoms with Gasteiger partial charge in [0.1, 0.15) is 6.10 Å². The van der Waals surface area contributed by atoms with Crippen LogP contribution < -0.4 is 4.90 Å². The molecule has 0 unspecified atom stereocenters. The van der Waals surface area contributed by atoms with Crippen LogP contribution in [0.25, 0.3) is 0 Å². The molecule has 2 fully saturated rings. The monoisotopic (exact) mass is 313 g/mol. The second-order valence-corrected chi connectivity index (χ2v) is 6.26. The Morgan fingerprint density at radius 2 is 2.09 bits per heavy atom. The first kappa shape index (κ1) is 15.3. The van der Waals surface area contributed by atoms with Crippen LogP contribution in [0, 0.1) is 11.3 Å². The second-order valence-electron chi connectivity index (χ2n) is 6.26. The molecule has 6 heteroatoms. The maximum Gasteiger partial charge on any atom is 0.414 e. The number of hydrogen-bond acceptors (Lipinski definition) is 4. The lowest BCUT2D eigenvalue weighted by Gasteiger charge is -2.18. The lowest BCUT2D eigenvalue weighted by Crippen LogP contribution is -2.35. The quantitative estimate of drug-likeness (QED) is 0.852. The molecule has 1 aliphatic carbocycles. The van der Waals surface area contributed by atoms with Crippen LogP contribution in [0.1, 0.15) is 25.3 Å². The summed E-state index contributed by atoms with van der Waals surface area (Å²) in [6.07, 6.45) is 1.06. The van der Waals surface area contributed by atoms with E-state index >= 15 is 0 Å². The van der Waals surface area contributed by atoms with E-state index in [0.29, 0.717) is 13.1 Å². The van der Waals surface area contributed by atoms with Crippen molar-refractivity contribution in [1.29, 1.82) is 5.26 Å². The minimum absolute atomic E-state index is 0.0601. The highest BCUT2D eigenvalue weighted by molar-refractivity contribution is 5.89. The molecule has 120 valence electrons. The fraction of sp³-hybridized carbons (Fsp3) is 0.471. The molecule has 0 bridgehead atoms. The van der Waals surface area contributed by atoms with Crippen LogP contribution in [0.3, 0.4) is 0 Å². The van der Waals surface area contributed by atoms with Crippen molar-refractivity contribution in [2.75, 3.05) is 25.0 Å². The lowest BCUT2D eigenvalue weighted by atomic mass is 9.97. The molecule has 1 aromatic rings. The normalized spacial score (nSPS) is 21.5. The third kappa shape index (κ3) is 2.87. The van der Waals surface area contributed by atoms with Crippen molar-refractivity contribution in [2.24, 2.45) is 0 Å². The minimum atomic E-state index is -0.402. The molecule has 1 saturated carbocycles. The standard InChI is InChI=1S/C17H19N3O3/c1-12(21)19(2)9-15-10-20(16(22)23-15)14-5-3-13(4-6-14)17(11-18)7-8-17/h3-6,15H,7-10H2,1-2H3/t15-/m0/s1. The third-order valence-electron chi connectivity index (χ3n) is 4.58. The van der Waals surface area contributed by atoms with Gasteiger partial charge in [0.15, 0.2) is 0 Å². The van der Waals surface area contributed by atoms with Gasteiger partial charge >= 0.3 is 6.09 Å². The number of ether oxygens (including phenoxy) is 1. The van der Waals surface area contributed by atoms with E-state index in [1.54, 1.807) is 11.9 Å². The summed E-state index contributed by atoms with van der Waals surface area (Å²) in [5.41, 5.74) is 1.43. The summed E-state index contributed by atoms with van der Waals surface area (Å²) < 4.78 is 5.32. The largest absolute Gasteiger partial charge is 0.442 e. The molecule has 2 amide bonds. The zero-order valence-corrected chi connectivity index (χ0v) is 13.3. The van der Waals surface area contributed by atoms with Crippen LogP contribution in [0.15, 0.2) is 24.3 Å². The fourth-order valence-corrected chi connectivity index (χ4v) is 2.81. The number of nitrogens with zero attached hydrogens (tertiary/aromatic N) is 3. The number of carbonyl (C=O) groups is 2. The zero-order chi connectivity index (χ0) is 16.6. The average Bonchev–Trinajstić information content (AvgIpc) is 3.26. The predicted octanol–water partition coefficient (Wildman–Crippen LogP) is 2.05. The molecule has 6 nitrogen and oxygen atoms in total. The molecule has 0 N–H and O–H groups in total. The smallest absolute Gasteiger partial charge is 0.414 e. The average molecular weight is 313 g/mol. The molecule has 2 aliphatic rings. The Balaban J connectivity index is 1.69. The molecule has 0 radical (unpaired) electrons. The van der Waals surface area contributed by atoms with Gasteiger partial charge in [-0.05, 0) is 30.5 Å². The predicted molar refractivity (Wildman–Crippen MR) is 83.9 cm³/mol. The van der Waals surface area contributed by atoms with E-state index in [0.717, 1.165) is 24.1 Å². The van der Waals surface area contributed by atoms with E-state index in [2.05, 4.69) is 6.07 Å². The van der Waals surface area contributed by atoms with Gasteiger partial charge < -0.3 is 9.64 Å². The Morgan fingerprint density at radius 1 is 1.43 bits per heavy atom. The van der Waals surface area contributed by atoms with Crippen molar-refractivity contribution < 1.29 is 14.3 Å². The Morgan fingerprint density at radius 3 is 2.61 bits per heavy atom. The molecular weight excluding hydrogens is 294 g/mol. The highest BCUT2D eigenvalue weighted by Crippen LogP contribution is 2.47. The second kappa shape index (κ2) is 5.58. The van der Waals surface area contributed by atoms with Gasteiger partial charge in [0.2, 0.25) is 5.91 Å². The molecule has 3 rings (SSSR count). The van der Waals surface area contributed by atoms with Crippen LogP contribution in [0.2, 0.25) is 0 Å². The van der Waals surface area contributed by atoms with Crippen molar-refractivity contribution in [3.63, 3.8) is 0 Å². The van der Waals surface area contributed by atoms with Gasteiger partial charge in [-0.1, -0.05) is 12.1 Å². The molecule has 1 aliphatic heterocycles. The lowest BCUT2D eigenvalue weighted by molar-refractivity contribution is -0.128. The molecule has 0 spiro atoms. The Hall–Kier alpha value is -2.55. The van der Waals surface area contributed by atoms with Gasteiger partial charge in [0.25, 0.3) is 0 Å². The molecule has 1 atom stereocenters. The van der Waals surface area contributed by atoms with E-state index in [-0.39, 0.29) is 17.4 Å². The highest BCUT2D eigenvalue weighted by atomic mass is 16.6. The Kier molecular flexibility index (Phi) is 3.72. The van der Waals surface area contributed by atoms with Gasteiger partial charge in [-0.3, -0.25) is 9.69 Å². The molecule has 1 aromatic carbocycles. The topological polar surface area (TPSA) is 73.6 Å². The molecule has 1 saturated heterocycles. The van der Waals surface area contributed by atoms with Crippen LogP contribution in [0.5, 0.6) is 0 Å². The van der Waals surface area contributed by atoms with Crippen LogP contribution in [-0.2, 0) is 14.9 Å². The third-order valence-corrected chi connectivity index (χ3v) is 4.58. The van der Waals surface area contributed by atoms with Crippen molar-refractivity contribution >= 4 is 17.7 Å². The summed E-state index contributed by atoms with van der Waals surface area (Å²) in [4.78, 5) is 26.4. The van der Waals surface area contributed by atoms with Crippen molar-refractivity contribution in [2.45, 2.75) is 31.3 Å². The molecular formula is C17H19N3O3. The number of carbonyl (C=O) groups excluding carboxylic acids is 2. The zero-order valence-electron chi connectivity index (χ0n) is 13.3. The minimum Gasteiger partial charge on any atom is -0.442 e. The summed E-state index contributed by atoms with van der Waals surface area (Å²) >= 11 is 0. The summed E-state index contributed by atoms with van der Waals surface area (Å²) in [5, 5.41) is 9.23. The molecule has 23 heavy (non-hydrogen) atoms. The first-order valence-corrected chi connectivity index (χ1v) is 7.67. The first-order chi connectivity index (χ1) is 10.9. The highest BCUT2D eigenvalue weighted by Gasteiger charge is 2.45. The van der Waals surface area contributed by atoms with Gasteiger partial charge in [0, 0.05) is 19.7 Å². The number of rotatable bonds is 4. The number of anilines is 1. The van der Waals surface area contributed by atoms with Crippen LogP contribution in [-0.4, -0.2) is 43.1 Å². The number of nitriles is 1. The van der Waals surface area contributed by atoms with Gasteiger partial charge in [-0.25, -0.2) is 4.79 Å². The SMILES string of the molecule is CC(=O)N(C)C[C@H]1CN(c2ccc(C3(C#N)CC3)cc2)C(=O)O1. The fourth-order valence-electron chi connectivity index (χ4n) is 2.81. The summed E-state index contributed by atoms with van der Waals surface area (Å²) in [6, 6.07) is 9.89. The Labute approximate surface area is 135 Å². The van der Waals surface area contributed by atoms with Crippen LogP contribution in [0.4, 0.5) is 10.5 Å². The van der Waals surface area contributed by atoms with Crippen LogP contribution >= 0.6 is 0 Å². The molecule has 1 heterocycles. The van der Waals surface area contributed by atoms with E-state index in [1.807, 2.05) is 24.3 Å². The van der Waals surface area contributed by atoms with Gasteiger partial charge in [-0.15, -0.1) is 0 Å². The summed E-state index contributed by atoms with van der Waals surface area (Å²) in [5.74, 6) is -0.0601. The summed E-state index contributed by atoms with van der Waals surface area (Å²) in [6.45, 7) is 2.28. The maximum atomic E-state index is 12.0. The molecule has 0 aromatic heterocycles. The number of hydrogen-bond donors (Lipinski definition) is 0.